The molecule has 1 aromatic heterocycles. The third-order valence-electron chi connectivity index (χ3n) is 4.54. The molecule has 1 aliphatic carbocycles. The van der Waals surface area contributed by atoms with Crippen molar-refractivity contribution in [3.05, 3.63) is 59.9 Å². The highest BCUT2D eigenvalue weighted by Crippen LogP contribution is 2.24. The molecule has 0 saturated heterocycles. The molecule has 0 unspecified atom stereocenters. The first-order valence-electron chi connectivity index (χ1n) is 8.63. The molecule has 0 atom stereocenters. The number of pyridine rings is 1. The minimum atomic E-state index is 0.0384. The van der Waals surface area contributed by atoms with Crippen molar-refractivity contribution in [2.24, 2.45) is 0 Å². The van der Waals surface area contributed by atoms with E-state index in [2.05, 4.69) is 4.98 Å². The molecule has 4 heteroatoms. The molecule has 126 valence electrons. The fourth-order valence-electron chi connectivity index (χ4n) is 3.04. The summed E-state index contributed by atoms with van der Waals surface area (Å²) in [5.41, 5.74) is 1.89. The second kappa shape index (κ2) is 7.95. The number of carbonyl (C=O) groups is 1. The van der Waals surface area contributed by atoms with Gasteiger partial charge in [0.1, 0.15) is 5.75 Å². The average Bonchev–Trinajstić information content (AvgIpc) is 3.13. The molecule has 0 spiro atoms. The van der Waals surface area contributed by atoms with E-state index < -0.39 is 0 Å². The predicted molar refractivity (Wildman–Crippen MR) is 94.2 cm³/mol. The van der Waals surface area contributed by atoms with Gasteiger partial charge in [-0.15, -0.1) is 0 Å². The summed E-state index contributed by atoms with van der Waals surface area (Å²) in [6.45, 7) is 0.684. The Morgan fingerprint density at radius 3 is 2.46 bits per heavy atom. The zero-order valence-electron chi connectivity index (χ0n) is 14.1. The molecular formula is C20H24N2O2. The van der Waals surface area contributed by atoms with Gasteiger partial charge in [-0.3, -0.25) is 9.78 Å². The van der Waals surface area contributed by atoms with E-state index >= 15 is 0 Å². The Morgan fingerprint density at radius 1 is 1.12 bits per heavy atom. The molecule has 1 aliphatic rings. The molecule has 0 bridgehead atoms. The first kappa shape index (κ1) is 16.5. The molecule has 1 aromatic carbocycles. The summed E-state index contributed by atoms with van der Waals surface area (Å²) >= 11 is 0. The lowest BCUT2D eigenvalue weighted by Crippen LogP contribution is -2.28. The van der Waals surface area contributed by atoms with Crippen molar-refractivity contribution in [3.63, 3.8) is 0 Å². The molecule has 4 nitrogen and oxygen atoms in total. The minimum Gasteiger partial charge on any atom is -0.490 e. The van der Waals surface area contributed by atoms with Gasteiger partial charge >= 0.3 is 0 Å². The van der Waals surface area contributed by atoms with Crippen LogP contribution in [0.2, 0.25) is 0 Å². The second-order valence-electron chi connectivity index (χ2n) is 6.38. The van der Waals surface area contributed by atoms with Gasteiger partial charge in [0.25, 0.3) is 5.91 Å². The van der Waals surface area contributed by atoms with E-state index in [9.17, 15) is 4.79 Å². The third kappa shape index (κ3) is 4.34. The summed E-state index contributed by atoms with van der Waals surface area (Å²) in [4.78, 5) is 18.3. The normalized spacial score (nSPS) is 14.5. The van der Waals surface area contributed by atoms with Crippen molar-refractivity contribution in [2.75, 3.05) is 13.6 Å². The van der Waals surface area contributed by atoms with Crippen LogP contribution >= 0.6 is 0 Å². The van der Waals surface area contributed by atoms with Crippen LogP contribution in [0, 0.1) is 0 Å². The van der Waals surface area contributed by atoms with E-state index in [0.29, 0.717) is 18.2 Å². The minimum absolute atomic E-state index is 0.0384. The van der Waals surface area contributed by atoms with E-state index in [1.807, 2.05) is 43.4 Å². The lowest BCUT2D eigenvalue weighted by Gasteiger charge is -2.18. The molecule has 0 N–H and O–H groups in total. The van der Waals surface area contributed by atoms with E-state index in [1.165, 1.54) is 18.4 Å². The summed E-state index contributed by atoms with van der Waals surface area (Å²) in [5.74, 6) is 0.898. The molecule has 2 aromatic rings. The van der Waals surface area contributed by atoms with Crippen LogP contribution in [0.3, 0.4) is 0 Å². The molecule has 24 heavy (non-hydrogen) atoms. The molecule has 0 radical (unpaired) electrons. The van der Waals surface area contributed by atoms with Crippen LogP contribution in [0.4, 0.5) is 0 Å². The monoisotopic (exact) mass is 324 g/mol. The van der Waals surface area contributed by atoms with Gasteiger partial charge < -0.3 is 9.64 Å². The van der Waals surface area contributed by atoms with Gasteiger partial charge in [-0.05, 0) is 74.1 Å². The van der Waals surface area contributed by atoms with Gasteiger partial charge in [-0.1, -0.05) is 0 Å². The summed E-state index contributed by atoms with van der Waals surface area (Å²) in [7, 11) is 1.84. The number of nitrogens with zero attached hydrogens (tertiary/aromatic N) is 2. The predicted octanol–water partition coefficient (Wildman–Crippen LogP) is 3.72. The molecule has 1 amide bonds. The van der Waals surface area contributed by atoms with Crippen LogP contribution < -0.4 is 4.74 Å². The number of amides is 1. The highest BCUT2D eigenvalue weighted by molar-refractivity contribution is 5.94. The molecule has 1 fully saturated rings. The Kier molecular flexibility index (Phi) is 5.47. The largest absolute Gasteiger partial charge is 0.490 e. The van der Waals surface area contributed by atoms with Gasteiger partial charge in [0.05, 0.1) is 6.10 Å². The number of rotatable bonds is 6. The lowest BCUT2D eigenvalue weighted by atomic mass is 10.1. The second-order valence-corrected chi connectivity index (χ2v) is 6.38. The maximum atomic E-state index is 12.5. The maximum absolute atomic E-state index is 12.5. The van der Waals surface area contributed by atoms with Gasteiger partial charge in [-0.2, -0.15) is 0 Å². The van der Waals surface area contributed by atoms with Crippen LogP contribution in [0.5, 0.6) is 5.75 Å². The smallest absolute Gasteiger partial charge is 0.253 e. The Labute approximate surface area is 143 Å². The van der Waals surface area contributed by atoms with Gasteiger partial charge in [0, 0.05) is 31.5 Å². The number of hydrogen-bond acceptors (Lipinski definition) is 3. The average molecular weight is 324 g/mol. The van der Waals surface area contributed by atoms with Crippen molar-refractivity contribution in [1.29, 1.82) is 0 Å². The summed E-state index contributed by atoms with van der Waals surface area (Å²) in [5, 5.41) is 0. The number of hydrogen-bond donors (Lipinski definition) is 0. The highest BCUT2D eigenvalue weighted by atomic mass is 16.5. The van der Waals surface area contributed by atoms with Crippen LogP contribution in [0.1, 0.15) is 41.6 Å². The fraction of sp³-hybridized carbons (Fsp3) is 0.400. The number of carbonyl (C=O) groups excluding carboxylic acids is 1. The van der Waals surface area contributed by atoms with Crippen molar-refractivity contribution >= 4 is 5.91 Å². The molecule has 1 heterocycles. The number of aromatic nitrogens is 1. The number of benzene rings is 1. The first-order valence-corrected chi connectivity index (χ1v) is 8.63. The third-order valence-corrected chi connectivity index (χ3v) is 4.54. The van der Waals surface area contributed by atoms with E-state index in [4.69, 9.17) is 4.74 Å². The highest BCUT2D eigenvalue weighted by Gasteiger charge is 2.17. The number of ether oxygens (including phenoxy) is 1. The van der Waals surface area contributed by atoms with Crippen LogP contribution in [0.15, 0.2) is 48.8 Å². The molecular weight excluding hydrogens is 300 g/mol. The van der Waals surface area contributed by atoms with Crippen molar-refractivity contribution < 1.29 is 9.53 Å². The topological polar surface area (TPSA) is 42.4 Å². The van der Waals surface area contributed by atoms with Crippen molar-refractivity contribution in [2.45, 2.75) is 38.2 Å². The van der Waals surface area contributed by atoms with E-state index in [0.717, 1.165) is 25.0 Å². The Bertz CT molecular complexity index is 649. The maximum Gasteiger partial charge on any atom is 0.253 e. The Morgan fingerprint density at radius 2 is 1.79 bits per heavy atom. The molecule has 0 aliphatic heterocycles. The lowest BCUT2D eigenvalue weighted by molar-refractivity contribution is 0.0796. The van der Waals surface area contributed by atoms with Gasteiger partial charge in [0.2, 0.25) is 0 Å². The quantitative estimate of drug-likeness (QED) is 0.813. The van der Waals surface area contributed by atoms with E-state index in [1.54, 1.807) is 17.3 Å². The van der Waals surface area contributed by atoms with Crippen LogP contribution in [-0.2, 0) is 6.42 Å². The standard InChI is InChI=1S/C20H24N2O2/c1-22(15-12-16-10-13-21-14-11-16)20(23)17-6-8-19(9-7-17)24-18-4-2-3-5-18/h6-11,13-14,18H,2-5,12,15H2,1H3. The number of likely N-dealkylation sites (N-methyl/N-ethyl adjacent to an activating group) is 1. The molecule has 1 saturated carbocycles. The zero-order chi connectivity index (χ0) is 16.8. The fourth-order valence-corrected chi connectivity index (χ4v) is 3.04. The Balaban J connectivity index is 1.53. The van der Waals surface area contributed by atoms with Gasteiger partial charge in [0.15, 0.2) is 0 Å². The summed E-state index contributed by atoms with van der Waals surface area (Å²) in [6.07, 6.45) is 9.51. The van der Waals surface area contributed by atoms with Crippen molar-refractivity contribution in [3.8, 4) is 5.75 Å². The first-order chi connectivity index (χ1) is 11.7. The van der Waals surface area contributed by atoms with E-state index in [-0.39, 0.29) is 5.91 Å². The SMILES string of the molecule is CN(CCc1ccncc1)C(=O)c1ccc(OC2CCCC2)cc1. The van der Waals surface area contributed by atoms with Gasteiger partial charge in [-0.25, -0.2) is 0 Å². The van der Waals surface area contributed by atoms with Crippen LogP contribution in [-0.4, -0.2) is 35.5 Å². The molecule has 3 rings (SSSR count). The summed E-state index contributed by atoms with van der Waals surface area (Å²) < 4.78 is 5.95. The van der Waals surface area contributed by atoms with Crippen molar-refractivity contribution in [1.82, 2.24) is 9.88 Å². The van der Waals surface area contributed by atoms with Crippen LogP contribution in [0.25, 0.3) is 0 Å². The Hall–Kier alpha value is -2.36. The zero-order valence-corrected chi connectivity index (χ0v) is 14.1. The summed E-state index contributed by atoms with van der Waals surface area (Å²) in [6, 6.07) is 11.5.